The molecular weight excluding hydrogens is 238 g/mol. The molecule has 0 radical (unpaired) electrons. The fraction of sp³-hybridized carbons (Fsp3) is 0.625. The van der Waals surface area contributed by atoms with Crippen molar-refractivity contribution in [1.29, 1.82) is 0 Å². The zero-order chi connectivity index (χ0) is 14.3. The number of aryl methyl sites for hydroxylation is 1. The zero-order valence-electron chi connectivity index (χ0n) is 12.7. The summed E-state index contributed by atoms with van der Waals surface area (Å²) in [4.78, 5) is 2.33. The molecule has 0 saturated carbocycles. The van der Waals surface area contributed by atoms with Gasteiger partial charge in [0, 0.05) is 24.3 Å². The largest absolute Gasteiger partial charge is 0.392 e. The summed E-state index contributed by atoms with van der Waals surface area (Å²) >= 11 is 0. The molecule has 106 valence electrons. The van der Waals surface area contributed by atoms with Crippen molar-refractivity contribution < 1.29 is 9.84 Å². The molecule has 1 aliphatic rings. The van der Waals surface area contributed by atoms with E-state index in [9.17, 15) is 5.11 Å². The molecule has 1 heterocycles. The van der Waals surface area contributed by atoms with Crippen molar-refractivity contribution in [2.24, 2.45) is 0 Å². The summed E-state index contributed by atoms with van der Waals surface area (Å²) in [6, 6.07) is 6.27. The Bertz CT molecular complexity index is 450. The Hall–Kier alpha value is -1.06. The van der Waals surface area contributed by atoms with Crippen LogP contribution in [0.25, 0.3) is 0 Å². The SMILES string of the molecule is Cc1ccc(N2CC(C)(C)OC(C)(C)C2)c(CO)c1. The molecule has 0 unspecified atom stereocenters. The molecule has 3 nitrogen and oxygen atoms in total. The molecule has 19 heavy (non-hydrogen) atoms. The number of hydrogen-bond donors (Lipinski definition) is 1. The lowest BCUT2D eigenvalue weighted by Gasteiger charge is -2.48. The van der Waals surface area contributed by atoms with E-state index in [0.29, 0.717) is 0 Å². The highest BCUT2D eigenvalue weighted by Crippen LogP contribution is 2.33. The fourth-order valence-electron chi connectivity index (χ4n) is 3.11. The van der Waals surface area contributed by atoms with Crippen molar-refractivity contribution in [3.8, 4) is 0 Å². The van der Waals surface area contributed by atoms with Crippen molar-refractivity contribution in [2.45, 2.75) is 52.4 Å². The summed E-state index contributed by atoms with van der Waals surface area (Å²) in [5, 5.41) is 9.58. The fourth-order valence-corrected chi connectivity index (χ4v) is 3.11. The lowest BCUT2D eigenvalue weighted by molar-refractivity contribution is -0.133. The summed E-state index contributed by atoms with van der Waals surface area (Å²) < 4.78 is 6.11. The molecule has 3 heteroatoms. The number of anilines is 1. The standard InChI is InChI=1S/C16H25NO2/c1-12-6-7-14(13(8-12)9-18)17-10-15(2,3)19-16(4,5)11-17/h6-8,18H,9-11H2,1-5H3. The summed E-state index contributed by atoms with van der Waals surface area (Å²) in [5.74, 6) is 0. The highest BCUT2D eigenvalue weighted by atomic mass is 16.5. The predicted octanol–water partition coefficient (Wildman–Crippen LogP) is 2.88. The third-order valence-electron chi connectivity index (χ3n) is 3.44. The molecule has 2 rings (SSSR count). The highest BCUT2D eigenvalue weighted by molar-refractivity contribution is 5.55. The minimum atomic E-state index is -0.181. The second kappa shape index (κ2) is 4.80. The topological polar surface area (TPSA) is 32.7 Å². The van der Waals surface area contributed by atoms with E-state index in [1.807, 2.05) is 0 Å². The van der Waals surface area contributed by atoms with Crippen LogP contribution in [0.4, 0.5) is 5.69 Å². The van der Waals surface area contributed by atoms with Gasteiger partial charge in [-0.05, 0) is 40.7 Å². The number of aliphatic hydroxyl groups is 1. The maximum Gasteiger partial charge on any atom is 0.0808 e. The Morgan fingerprint density at radius 2 is 1.74 bits per heavy atom. The minimum Gasteiger partial charge on any atom is -0.392 e. The molecule has 0 bridgehead atoms. The summed E-state index contributed by atoms with van der Waals surface area (Å²) in [7, 11) is 0. The zero-order valence-corrected chi connectivity index (χ0v) is 12.7. The van der Waals surface area contributed by atoms with Gasteiger partial charge in [0.1, 0.15) is 0 Å². The molecule has 1 aliphatic heterocycles. The number of morpholine rings is 1. The Labute approximate surface area is 116 Å². The van der Waals surface area contributed by atoms with E-state index in [0.717, 1.165) is 24.3 Å². The van der Waals surface area contributed by atoms with Crippen LogP contribution in [0.15, 0.2) is 18.2 Å². The highest BCUT2D eigenvalue weighted by Gasteiger charge is 2.38. The first-order valence-corrected chi connectivity index (χ1v) is 6.88. The summed E-state index contributed by atoms with van der Waals surface area (Å²) in [5.41, 5.74) is 2.93. The van der Waals surface area contributed by atoms with Crippen LogP contribution in [0.2, 0.25) is 0 Å². The number of rotatable bonds is 2. The summed E-state index contributed by atoms with van der Waals surface area (Å²) in [6.45, 7) is 12.3. The van der Waals surface area contributed by atoms with Crippen molar-refractivity contribution in [3.05, 3.63) is 29.3 Å². The number of benzene rings is 1. The Morgan fingerprint density at radius 1 is 1.16 bits per heavy atom. The van der Waals surface area contributed by atoms with Crippen LogP contribution < -0.4 is 4.90 Å². The van der Waals surface area contributed by atoms with Gasteiger partial charge in [-0.25, -0.2) is 0 Å². The van der Waals surface area contributed by atoms with Crippen LogP contribution in [0.5, 0.6) is 0 Å². The minimum absolute atomic E-state index is 0.0786. The van der Waals surface area contributed by atoms with Crippen molar-refractivity contribution >= 4 is 5.69 Å². The predicted molar refractivity (Wildman–Crippen MR) is 78.6 cm³/mol. The van der Waals surface area contributed by atoms with E-state index in [2.05, 4.69) is 57.7 Å². The lowest BCUT2D eigenvalue weighted by Crippen LogP contribution is -2.57. The van der Waals surface area contributed by atoms with Crippen LogP contribution in [0.3, 0.4) is 0 Å². The molecule has 0 aromatic heterocycles. The number of aliphatic hydroxyl groups excluding tert-OH is 1. The van der Waals surface area contributed by atoms with Crippen molar-refractivity contribution in [2.75, 3.05) is 18.0 Å². The molecule has 1 fully saturated rings. The van der Waals surface area contributed by atoms with Gasteiger partial charge in [0.25, 0.3) is 0 Å². The van der Waals surface area contributed by atoms with Crippen LogP contribution in [-0.2, 0) is 11.3 Å². The summed E-state index contributed by atoms with van der Waals surface area (Å²) in [6.07, 6.45) is 0. The molecule has 0 spiro atoms. The maximum absolute atomic E-state index is 9.58. The van der Waals surface area contributed by atoms with Gasteiger partial charge in [0.2, 0.25) is 0 Å². The van der Waals surface area contributed by atoms with Crippen LogP contribution in [-0.4, -0.2) is 29.4 Å². The first kappa shape index (κ1) is 14.4. The van der Waals surface area contributed by atoms with E-state index in [1.54, 1.807) is 0 Å². The van der Waals surface area contributed by atoms with Gasteiger partial charge in [0.15, 0.2) is 0 Å². The average Bonchev–Trinajstić information content (AvgIpc) is 2.24. The number of ether oxygens (including phenoxy) is 1. The third kappa shape index (κ3) is 3.28. The quantitative estimate of drug-likeness (QED) is 0.890. The smallest absolute Gasteiger partial charge is 0.0808 e. The van der Waals surface area contributed by atoms with Crippen LogP contribution >= 0.6 is 0 Å². The molecule has 0 amide bonds. The van der Waals surface area contributed by atoms with E-state index in [-0.39, 0.29) is 17.8 Å². The van der Waals surface area contributed by atoms with Gasteiger partial charge >= 0.3 is 0 Å². The Kier molecular flexibility index (Phi) is 3.63. The van der Waals surface area contributed by atoms with E-state index < -0.39 is 0 Å². The Balaban J connectivity index is 2.35. The molecule has 1 aromatic carbocycles. The van der Waals surface area contributed by atoms with Crippen LogP contribution in [0, 0.1) is 6.92 Å². The first-order chi connectivity index (χ1) is 8.72. The first-order valence-electron chi connectivity index (χ1n) is 6.88. The van der Waals surface area contributed by atoms with E-state index >= 15 is 0 Å². The third-order valence-corrected chi connectivity index (χ3v) is 3.44. The number of hydrogen-bond acceptors (Lipinski definition) is 3. The van der Waals surface area contributed by atoms with Gasteiger partial charge in [-0.3, -0.25) is 0 Å². The van der Waals surface area contributed by atoms with Gasteiger partial charge in [-0.15, -0.1) is 0 Å². The second-order valence-corrected chi connectivity index (χ2v) is 6.77. The van der Waals surface area contributed by atoms with Crippen LogP contribution in [0.1, 0.15) is 38.8 Å². The van der Waals surface area contributed by atoms with Gasteiger partial charge < -0.3 is 14.7 Å². The average molecular weight is 263 g/mol. The second-order valence-electron chi connectivity index (χ2n) is 6.77. The van der Waals surface area contributed by atoms with Crippen molar-refractivity contribution in [1.82, 2.24) is 0 Å². The molecule has 1 N–H and O–H groups in total. The van der Waals surface area contributed by atoms with Gasteiger partial charge in [-0.2, -0.15) is 0 Å². The molecule has 0 aliphatic carbocycles. The lowest BCUT2D eigenvalue weighted by atomic mass is 9.97. The van der Waals surface area contributed by atoms with E-state index in [1.165, 1.54) is 5.56 Å². The molecular formula is C16H25NO2. The molecule has 0 atom stereocenters. The normalized spacial score (nSPS) is 21.5. The molecule has 1 aromatic rings. The monoisotopic (exact) mass is 263 g/mol. The van der Waals surface area contributed by atoms with Gasteiger partial charge in [-0.1, -0.05) is 17.7 Å². The number of nitrogens with zero attached hydrogens (tertiary/aromatic N) is 1. The van der Waals surface area contributed by atoms with Crippen molar-refractivity contribution in [3.63, 3.8) is 0 Å². The molecule has 1 saturated heterocycles. The Morgan fingerprint density at radius 3 is 2.26 bits per heavy atom. The maximum atomic E-state index is 9.58. The van der Waals surface area contributed by atoms with E-state index in [4.69, 9.17) is 4.74 Å². The van der Waals surface area contributed by atoms with Gasteiger partial charge in [0.05, 0.1) is 17.8 Å².